The van der Waals surface area contributed by atoms with Crippen LogP contribution in [0.3, 0.4) is 0 Å². The Morgan fingerprint density at radius 1 is 1.41 bits per heavy atom. The van der Waals surface area contributed by atoms with Crippen LogP contribution in [-0.2, 0) is 9.53 Å². The lowest BCUT2D eigenvalue weighted by atomic mass is 9.81. The fourth-order valence-corrected chi connectivity index (χ4v) is 1.57. The molecule has 0 radical (unpaired) electrons. The SMILES string of the molecule is COC(=O)C(C)(C)[C@H](N)c1ccc(C#N)cc1. The molecule has 0 spiro atoms. The normalized spacial score (nSPS) is 12.6. The molecule has 2 N–H and O–H groups in total. The number of rotatable bonds is 3. The largest absolute Gasteiger partial charge is 0.469 e. The fourth-order valence-electron chi connectivity index (χ4n) is 1.57. The van der Waals surface area contributed by atoms with Gasteiger partial charge in [-0.2, -0.15) is 5.26 Å². The number of nitrogens with zero attached hydrogens (tertiary/aromatic N) is 1. The molecule has 0 aliphatic rings. The molecule has 0 bridgehead atoms. The van der Waals surface area contributed by atoms with E-state index in [4.69, 9.17) is 15.7 Å². The molecule has 4 nitrogen and oxygen atoms in total. The van der Waals surface area contributed by atoms with Gasteiger partial charge in [0, 0.05) is 6.04 Å². The van der Waals surface area contributed by atoms with Gasteiger partial charge < -0.3 is 10.5 Å². The molecule has 0 amide bonds. The van der Waals surface area contributed by atoms with E-state index in [9.17, 15) is 4.79 Å². The number of esters is 1. The Hall–Kier alpha value is -1.86. The van der Waals surface area contributed by atoms with Crippen molar-refractivity contribution in [3.8, 4) is 6.07 Å². The van der Waals surface area contributed by atoms with Gasteiger partial charge in [0.15, 0.2) is 0 Å². The molecular formula is C13H16N2O2. The first kappa shape index (κ1) is 13.2. The summed E-state index contributed by atoms with van der Waals surface area (Å²) in [5, 5.41) is 8.70. The average molecular weight is 232 g/mol. The molecule has 1 aromatic carbocycles. The second-order valence-corrected chi connectivity index (χ2v) is 4.42. The van der Waals surface area contributed by atoms with Gasteiger partial charge in [0.05, 0.1) is 24.2 Å². The van der Waals surface area contributed by atoms with Crippen LogP contribution in [0, 0.1) is 16.7 Å². The van der Waals surface area contributed by atoms with Crippen molar-refractivity contribution in [1.82, 2.24) is 0 Å². The second kappa shape index (κ2) is 4.98. The molecule has 0 fully saturated rings. The van der Waals surface area contributed by atoms with Crippen LogP contribution in [0.25, 0.3) is 0 Å². The fraction of sp³-hybridized carbons (Fsp3) is 0.385. The lowest BCUT2D eigenvalue weighted by Crippen LogP contribution is -2.37. The summed E-state index contributed by atoms with van der Waals surface area (Å²) in [6, 6.07) is 8.45. The zero-order valence-electron chi connectivity index (χ0n) is 10.2. The molecule has 17 heavy (non-hydrogen) atoms. The van der Waals surface area contributed by atoms with Crippen LogP contribution < -0.4 is 5.73 Å². The minimum absolute atomic E-state index is 0.352. The monoisotopic (exact) mass is 232 g/mol. The highest BCUT2D eigenvalue weighted by Gasteiger charge is 2.36. The molecule has 0 heterocycles. The summed E-state index contributed by atoms with van der Waals surface area (Å²) in [4.78, 5) is 11.6. The molecule has 0 aliphatic carbocycles. The van der Waals surface area contributed by atoms with Crippen LogP contribution >= 0.6 is 0 Å². The smallest absolute Gasteiger partial charge is 0.313 e. The molecule has 0 saturated heterocycles. The molecular weight excluding hydrogens is 216 g/mol. The number of carbonyl (C=O) groups is 1. The molecule has 0 saturated carbocycles. The van der Waals surface area contributed by atoms with Gasteiger partial charge in [-0.1, -0.05) is 12.1 Å². The number of benzene rings is 1. The molecule has 0 aliphatic heterocycles. The van der Waals surface area contributed by atoms with Crippen molar-refractivity contribution in [2.24, 2.45) is 11.1 Å². The predicted octanol–water partition coefficient (Wildman–Crippen LogP) is 1.76. The van der Waals surface area contributed by atoms with E-state index in [-0.39, 0.29) is 5.97 Å². The van der Waals surface area contributed by atoms with Gasteiger partial charge >= 0.3 is 5.97 Å². The average Bonchev–Trinajstić information content (AvgIpc) is 2.36. The Bertz CT molecular complexity index is 443. The third kappa shape index (κ3) is 2.63. The maximum absolute atomic E-state index is 11.6. The first-order valence-electron chi connectivity index (χ1n) is 5.27. The Kier molecular flexibility index (Phi) is 3.87. The lowest BCUT2D eigenvalue weighted by molar-refractivity contribution is -0.152. The van der Waals surface area contributed by atoms with Gasteiger partial charge in [-0.15, -0.1) is 0 Å². The van der Waals surface area contributed by atoms with Crippen molar-refractivity contribution < 1.29 is 9.53 Å². The zero-order valence-corrected chi connectivity index (χ0v) is 10.2. The summed E-state index contributed by atoms with van der Waals surface area (Å²) in [5.41, 5.74) is 6.63. The van der Waals surface area contributed by atoms with Crippen molar-refractivity contribution in [2.45, 2.75) is 19.9 Å². The van der Waals surface area contributed by atoms with Crippen molar-refractivity contribution in [3.63, 3.8) is 0 Å². The van der Waals surface area contributed by atoms with Gasteiger partial charge in [-0.05, 0) is 31.5 Å². The summed E-state index contributed by atoms with van der Waals surface area (Å²) in [5.74, 6) is -0.352. The maximum atomic E-state index is 11.6. The summed E-state index contributed by atoms with van der Waals surface area (Å²) in [6.45, 7) is 3.48. The quantitative estimate of drug-likeness (QED) is 0.805. The number of methoxy groups -OCH3 is 1. The van der Waals surface area contributed by atoms with Crippen molar-refractivity contribution in [3.05, 3.63) is 35.4 Å². The van der Waals surface area contributed by atoms with Crippen LogP contribution in [-0.4, -0.2) is 13.1 Å². The van der Waals surface area contributed by atoms with Gasteiger partial charge in [0.2, 0.25) is 0 Å². The first-order chi connectivity index (χ1) is 7.93. The number of ether oxygens (including phenoxy) is 1. The second-order valence-electron chi connectivity index (χ2n) is 4.42. The number of hydrogen-bond donors (Lipinski definition) is 1. The summed E-state index contributed by atoms with van der Waals surface area (Å²) in [6.07, 6.45) is 0. The van der Waals surface area contributed by atoms with E-state index in [0.29, 0.717) is 5.56 Å². The highest BCUT2D eigenvalue weighted by atomic mass is 16.5. The van der Waals surface area contributed by atoms with Gasteiger partial charge in [0.25, 0.3) is 0 Å². The van der Waals surface area contributed by atoms with E-state index in [1.54, 1.807) is 38.1 Å². The van der Waals surface area contributed by atoms with Crippen molar-refractivity contribution in [1.29, 1.82) is 5.26 Å². The molecule has 1 aromatic rings. The number of hydrogen-bond acceptors (Lipinski definition) is 4. The van der Waals surface area contributed by atoms with E-state index in [0.717, 1.165) is 5.56 Å². The maximum Gasteiger partial charge on any atom is 0.313 e. The Balaban J connectivity index is 3.00. The molecule has 4 heteroatoms. The molecule has 1 atom stereocenters. The predicted molar refractivity (Wildman–Crippen MR) is 63.9 cm³/mol. The zero-order chi connectivity index (χ0) is 13.1. The first-order valence-corrected chi connectivity index (χ1v) is 5.27. The minimum Gasteiger partial charge on any atom is -0.469 e. The highest BCUT2D eigenvalue weighted by Crippen LogP contribution is 2.32. The Morgan fingerprint density at radius 3 is 2.35 bits per heavy atom. The van der Waals surface area contributed by atoms with Crippen LogP contribution in [0.5, 0.6) is 0 Å². The summed E-state index contributed by atoms with van der Waals surface area (Å²) >= 11 is 0. The number of nitrogens with two attached hydrogens (primary N) is 1. The molecule has 90 valence electrons. The molecule has 0 aromatic heterocycles. The lowest BCUT2D eigenvalue weighted by Gasteiger charge is -2.28. The third-order valence-corrected chi connectivity index (χ3v) is 2.89. The van der Waals surface area contributed by atoms with Gasteiger partial charge in [0.1, 0.15) is 0 Å². The van der Waals surface area contributed by atoms with Gasteiger partial charge in [-0.3, -0.25) is 4.79 Å². The Labute approximate surface area is 101 Å². The minimum atomic E-state index is -0.803. The topological polar surface area (TPSA) is 76.1 Å². The summed E-state index contributed by atoms with van der Waals surface area (Å²) in [7, 11) is 1.34. The Morgan fingerprint density at radius 2 is 1.94 bits per heavy atom. The summed E-state index contributed by atoms with van der Waals surface area (Å²) < 4.78 is 4.73. The van der Waals surface area contributed by atoms with Crippen LogP contribution in [0.1, 0.15) is 31.0 Å². The molecule has 1 rings (SSSR count). The highest BCUT2D eigenvalue weighted by molar-refractivity contribution is 5.77. The van der Waals surface area contributed by atoms with E-state index in [1.165, 1.54) is 7.11 Å². The van der Waals surface area contributed by atoms with E-state index < -0.39 is 11.5 Å². The van der Waals surface area contributed by atoms with Crippen LogP contribution in [0.2, 0.25) is 0 Å². The van der Waals surface area contributed by atoms with E-state index in [1.807, 2.05) is 6.07 Å². The molecule has 0 unspecified atom stereocenters. The van der Waals surface area contributed by atoms with E-state index in [2.05, 4.69) is 0 Å². The van der Waals surface area contributed by atoms with Crippen LogP contribution in [0.15, 0.2) is 24.3 Å². The van der Waals surface area contributed by atoms with Crippen LogP contribution in [0.4, 0.5) is 0 Å². The van der Waals surface area contributed by atoms with Crippen molar-refractivity contribution >= 4 is 5.97 Å². The van der Waals surface area contributed by atoms with Gasteiger partial charge in [-0.25, -0.2) is 0 Å². The number of carbonyl (C=O) groups excluding carboxylic acids is 1. The van der Waals surface area contributed by atoms with E-state index >= 15 is 0 Å². The third-order valence-electron chi connectivity index (χ3n) is 2.89. The standard InChI is InChI=1S/C13H16N2O2/c1-13(2,12(16)17-3)11(15)10-6-4-9(8-14)5-7-10/h4-7,11H,15H2,1-3H3/t11-/m1/s1. The van der Waals surface area contributed by atoms with Crippen molar-refractivity contribution in [2.75, 3.05) is 7.11 Å². The number of nitriles is 1.